The van der Waals surface area contributed by atoms with Gasteiger partial charge < -0.3 is 10.8 Å². The molecule has 0 radical (unpaired) electrons. The maximum Gasteiger partial charge on any atom is 0.325 e. The van der Waals surface area contributed by atoms with E-state index < -0.39 is 17.8 Å². The molecule has 3 N–H and O–H groups in total. The minimum Gasteiger partial charge on any atom is -0.480 e. The Labute approximate surface area is 82.5 Å². The molecule has 1 rings (SSSR count). The summed E-state index contributed by atoms with van der Waals surface area (Å²) in [5.74, 6) is -1.88. The van der Waals surface area contributed by atoms with Crippen LogP contribution in [0.3, 0.4) is 0 Å². The number of nitrogens with two attached hydrogens (primary N) is 1. The molecule has 5 heteroatoms. The average Bonchev–Trinajstić information content (AvgIpc) is 2.03. The molecular weight excluding hydrogens is 241 g/mol. The molecule has 0 aliphatic heterocycles. The first-order valence-electron chi connectivity index (χ1n) is 3.46. The zero-order valence-corrected chi connectivity index (χ0v) is 8.08. The largest absolute Gasteiger partial charge is 0.480 e. The van der Waals surface area contributed by atoms with Gasteiger partial charge in [-0.15, -0.1) is 0 Å². The van der Waals surface area contributed by atoms with E-state index in [1.165, 1.54) is 12.1 Å². The van der Waals surface area contributed by atoms with Crippen LogP contribution in [0.5, 0.6) is 0 Å². The third-order valence-corrected chi connectivity index (χ3v) is 2.27. The summed E-state index contributed by atoms with van der Waals surface area (Å²) in [5, 5.41) is 8.57. The molecule has 13 heavy (non-hydrogen) atoms. The summed E-state index contributed by atoms with van der Waals surface area (Å²) >= 11 is 3.03. The van der Waals surface area contributed by atoms with Crippen LogP contribution in [0, 0.1) is 5.82 Å². The highest BCUT2D eigenvalue weighted by Crippen LogP contribution is 2.24. The first-order chi connectivity index (χ1) is 6.04. The number of aliphatic carboxylic acids is 1. The number of carboxylic acid groups (broad SMARTS) is 1. The maximum absolute atomic E-state index is 13.1. The summed E-state index contributed by atoms with van der Waals surface area (Å²) in [6.07, 6.45) is 0. The summed E-state index contributed by atoms with van der Waals surface area (Å²) in [6.45, 7) is 0. The van der Waals surface area contributed by atoms with E-state index in [1.54, 1.807) is 6.07 Å². The van der Waals surface area contributed by atoms with Crippen LogP contribution < -0.4 is 5.73 Å². The summed E-state index contributed by atoms with van der Waals surface area (Å²) in [6, 6.07) is 2.84. The Balaban J connectivity index is 3.20. The molecular formula is C8H7BrFNO2. The Bertz CT molecular complexity index is 323. The second kappa shape index (κ2) is 3.85. The van der Waals surface area contributed by atoms with Crippen molar-refractivity contribution in [3.8, 4) is 0 Å². The van der Waals surface area contributed by atoms with Crippen molar-refractivity contribution in [2.75, 3.05) is 0 Å². The number of hydrogen-bond acceptors (Lipinski definition) is 2. The zero-order chi connectivity index (χ0) is 10.0. The first kappa shape index (κ1) is 10.1. The van der Waals surface area contributed by atoms with Crippen molar-refractivity contribution in [3.63, 3.8) is 0 Å². The predicted molar refractivity (Wildman–Crippen MR) is 48.7 cm³/mol. The van der Waals surface area contributed by atoms with Gasteiger partial charge in [0.05, 0.1) is 0 Å². The van der Waals surface area contributed by atoms with Crippen LogP contribution in [-0.2, 0) is 4.79 Å². The van der Waals surface area contributed by atoms with Gasteiger partial charge in [-0.2, -0.15) is 0 Å². The molecule has 3 nitrogen and oxygen atoms in total. The fraction of sp³-hybridized carbons (Fsp3) is 0.125. The lowest BCUT2D eigenvalue weighted by Gasteiger charge is -2.09. The molecule has 1 unspecified atom stereocenters. The van der Waals surface area contributed by atoms with Crippen molar-refractivity contribution in [2.24, 2.45) is 5.73 Å². The Morgan fingerprint density at radius 1 is 1.62 bits per heavy atom. The Morgan fingerprint density at radius 2 is 2.23 bits per heavy atom. The van der Waals surface area contributed by atoms with Gasteiger partial charge in [-0.25, -0.2) is 4.39 Å². The van der Waals surface area contributed by atoms with Crippen LogP contribution in [0.2, 0.25) is 0 Å². The molecule has 70 valence electrons. The van der Waals surface area contributed by atoms with Crippen LogP contribution in [0.25, 0.3) is 0 Å². The molecule has 0 spiro atoms. The van der Waals surface area contributed by atoms with Crippen LogP contribution in [0.15, 0.2) is 22.7 Å². The predicted octanol–water partition coefficient (Wildman–Crippen LogP) is 1.67. The molecule has 0 heterocycles. The SMILES string of the molecule is NC(C(=O)O)c1c(F)cccc1Br. The molecule has 1 atom stereocenters. The quantitative estimate of drug-likeness (QED) is 0.836. The Morgan fingerprint density at radius 3 is 2.69 bits per heavy atom. The van der Waals surface area contributed by atoms with E-state index in [-0.39, 0.29) is 5.56 Å². The van der Waals surface area contributed by atoms with Crippen LogP contribution >= 0.6 is 15.9 Å². The van der Waals surface area contributed by atoms with Crippen molar-refractivity contribution in [2.45, 2.75) is 6.04 Å². The fourth-order valence-corrected chi connectivity index (χ4v) is 1.52. The van der Waals surface area contributed by atoms with Gasteiger partial charge in [0.25, 0.3) is 0 Å². The Hall–Kier alpha value is -0.940. The van der Waals surface area contributed by atoms with E-state index in [1.807, 2.05) is 0 Å². The normalized spacial score (nSPS) is 12.5. The van der Waals surface area contributed by atoms with Gasteiger partial charge in [0.15, 0.2) is 0 Å². The minimum atomic E-state index is -1.34. The summed E-state index contributed by atoms with van der Waals surface area (Å²) in [5.41, 5.74) is 5.24. The van der Waals surface area contributed by atoms with Crippen molar-refractivity contribution in [3.05, 3.63) is 34.1 Å². The lowest BCUT2D eigenvalue weighted by atomic mass is 10.1. The van der Waals surface area contributed by atoms with Crippen molar-refractivity contribution in [1.29, 1.82) is 0 Å². The fourth-order valence-electron chi connectivity index (χ4n) is 0.931. The molecule has 1 aromatic carbocycles. The smallest absolute Gasteiger partial charge is 0.325 e. The van der Waals surface area contributed by atoms with Gasteiger partial charge in [-0.3, -0.25) is 4.79 Å². The molecule has 0 saturated carbocycles. The lowest BCUT2D eigenvalue weighted by molar-refractivity contribution is -0.138. The minimum absolute atomic E-state index is 0.0324. The highest BCUT2D eigenvalue weighted by atomic mass is 79.9. The van der Waals surface area contributed by atoms with E-state index in [9.17, 15) is 9.18 Å². The van der Waals surface area contributed by atoms with Gasteiger partial charge in [0.2, 0.25) is 0 Å². The number of carbonyl (C=O) groups is 1. The highest BCUT2D eigenvalue weighted by molar-refractivity contribution is 9.10. The Kier molecular flexibility index (Phi) is 3.00. The molecule has 0 bridgehead atoms. The molecule has 0 aliphatic rings. The van der Waals surface area contributed by atoms with E-state index in [2.05, 4.69) is 15.9 Å². The van der Waals surface area contributed by atoms with Gasteiger partial charge in [0.1, 0.15) is 11.9 Å². The number of hydrogen-bond donors (Lipinski definition) is 2. The van der Waals surface area contributed by atoms with E-state index in [0.717, 1.165) is 0 Å². The monoisotopic (exact) mass is 247 g/mol. The highest BCUT2D eigenvalue weighted by Gasteiger charge is 2.20. The van der Waals surface area contributed by atoms with Crippen molar-refractivity contribution >= 4 is 21.9 Å². The van der Waals surface area contributed by atoms with E-state index in [0.29, 0.717) is 4.47 Å². The lowest BCUT2D eigenvalue weighted by Crippen LogP contribution is -2.22. The molecule has 0 aliphatic carbocycles. The number of rotatable bonds is 2. The zero-order valence-electron chi connectivity index (χ0n) is 6.50. The van der Waals surface area contributed by atoms with Crippen LogP contribution in [0.4, 0.5) is 4.39 Å². The van der Waals surface area contributed by atoms with E-state index in [4.69, 9.17) is 10.8 Å². The van der Waals surface area contributed by atoms with Gasteiger partial charge in [-0.05, 0) is 12.1 Å². The maximum atomic E-state index is 13.1. The van der Waals surface area contributed by atoms with Gasteiger partial charge in [-0.1, -0.05) is 22.0 Å². The van der Waals surface area contributed by atoms with Crippen LogP contribution in [0.1, 0.15) is 11.6 Å². The number of halogens is 2. The van der Waals surface area contributed by atoms with Crippen LogP contribution in [-0.4, -0.2) is 11.1 Å². The first-order valence-corrected chi connectivity index (χ1v) is 4.25. The molecule has 0 aromatic heterocycles. The number of benzene rings is 1. The summed E-state index contributed by atoms with van der Waals surface area (Å²) in [4.78, 5) is 10.5. The average molecular weight is 248 g/mol. The second-order valence-corrected chi connectivity index (χ2v) is 3.31. The topological polar surface area (TPSA) is 63.3 Å². The molecule has 0 saturated heterocycles. The van der Waals surface area contributed by atoms with E-state index >= 15 is 0 Å². The summed E-state index contributed by atoms with van der Waals surface area (Å²) in [7, 11) is 0. The van der Waals surface area contributed by atoms with Gasteiger partial charge in [0, 0.05) is 10.0 Å². The third kappa shape index (κ3) is 2.05. The molecule has 1 aromatic rings. The second-order valence-electron chi connectivity index (χ2n) is 2.45. The standard InChI is InChI=1S/C8H7BrFNO2/c9-4-2-1-3-5(10)6(4)7(11)8(12)13/h1-3,7H,11H2,(H,12,13). The van der Waals surface area contributed by atoms with Crippen molar-refractivity contribution < 1.29 is 14.3 Å². The van der Waals surface area contributed by atoms with Gasteiger partial charge >= 0.3 is 5.97 Å². The molecule has 0 amide bonds. The van der Waals surface area contributed by atoms with Crippen molar-refractivity contribution in [1.82, 2.24) is 0 Å². The molecule has 0 fully saturated rings. The third-order valence-electron chi connectivity index (χ3n) is 1.58. The summed E-state index contributed by atoms with van der Waals surface area (Å²) < 4.78 is 13.5. The number of carboxylic acids is 1.